The average molecular weight is 460 g/mol. The van der Waals surface area contributed by atoms with Crippen LogP contribution < -0.4 is 10.6 Å². The smallest absolute Gasteiger partial charge is 0.269 e. The lowest BCUT2D eigenvalue weighted by Crippen LogP contribution is -2.31. The van der Waals surface area contributed by atoms with E-state index in [1.165, 1.54) is 18.2 Å². The SMILES string of the molecule is CC1=C(C(=O)Nc2ccccc2)[C@@H](c2cc([N+](=O)[O-])ccc2Cl)n2c(nc3ccccc32)N1. The molecule has 0 fully saturated rings. The Morgan fingerprint density at radius 2 is 1.85 bits per heavy atom. The summed E-state index contributed by atoms with van der Waals surface area (Å²) in [6.07, 6.45) is 0. The average Bonchev–Trinajstić information content (AvgIpc) is 3.17. The van der Waals surface area contributed by atoms with E-state index >= 15 is 0 Å². The molecule has 5 rings (SSSR count). The number of hydrogen-bond acceptors (Lipinski definition) is 5. The maximum absolute atomic E-state index is 13.5. The van der Waals surface area contributed by atoms with Crippen LogP contribution in [0, 0.1) is 10.1 Å². The number of anilines is 2. The van der Waals surface area contributed by atoms with Gasteiger partial charge in [0.25, 0.3) is 11.6 Å². The Morgan fingerprint density at radius 3 is 2.61 bits per heavy atom. The second kappa shape index (κ2) is 8.07. The highest BCUT2D eigenvalue weighted by molar-refractivity contribution is 6.31. The second-order valence-electron chi connectivity index (χ2n) is 7.64. The number of carbonyl (C=O) groups excluding carboxylic acids is 1. The number of nitro groups is 1. The van der Waals surface area contributed by atoms with Crippen molar-refractivity contribution in [3.05, 3.63) is 105 Å². The number of imidazole rings is 1. The standard InChI is InChI=1S/C24H18ClN5O3/c1-14-21(23(31)27-15-7-3-2-4-8-15)22(17-13-16(30(32)33)11-12-18(17)25)29-20-10-6-5-9-19(20)28-24(29)26-14/h2-13,22H,1H3,(H,26,28)(H,27,31)/t22-/m1/s1. The number of hydrogen-bond donors (Lipinski definition) is 2. The Hall–Kier alpha value is -4.17. The normalized spacial score (nSPS) is 15.2. The van der Waals surface area contributed by atoms with Gasteiger partial charge in [0.05, 0.1) is 27.6 Å². The summed E-state index contributed by atoms with van der Waals surface area (Å²) in [5, 5.41) is 18.0. The molecule has 0 saturated carbocycles. The van der Waals surface area contributed by atoms with Crippen LogP contribution in [0.3, 0.4) is 0 Å². The summed E-state index contributed by atoms with van der Waals surface area (Å²) in [5.74, 6) is 0.180. The van der Waals surface area contributed by atoms with Crippen LogP contribution in [-0.2, 0) is 4.79 Å². The van der Waals surface area contributed by atoms with Crippen LogP contribution in [0.2, 0.25) is 5.02 Å². The molecule has 2 N–H and O–H groups in total. The van der Waals surface area contributed by atoms with Crippen LogP contribution in [0.5, 0.6) is 0 Å². The summed E-state index contributed by atoms with van der Waals surface area (Å²) in [7, 11) is 0. The molecule has 1 amide bonds. The number of nitrogens with one attached hydrogen (secondary N) is 2. The quantitative estimate of drug-likeness (QED) is 0.309. The largest absolute Gasteiger partial charge is 0.329 e. The first kappa shape index (κ1) is 20.7. The summed E-state index contributed by atoms with van der Waals surface area (Å²) in [6.45, 7) is 1.78. The Bertz CT molecular complexity index is 1450. The van der Waals surface area contributed by atoms with Crippen molar-refractivity contribution in [3.8, 4) is 0 Å². The van der Waals surface area contributed by atoms with Crippen LogP contribution >= 0.6 is 11.6 Å². The van der Waals surface area contributed by atoms with Gasteiger partial charge in [-0.25, -0.2) is 4.98 Å². The molecule has 0 radical (unpaired) electrons. The molecule has 0 bridgehead atoms. The van der Waals surface area contributed by atoms with Crippen LogP contribution in [0.1, 0.15) is 18.5 Å². The minimum atomic E-state index is -0.732. The molecule has 1 atom stereocenters. The number of non-ortho nitro benzene ring substituents is 1. The molecule has 33 heavy (non-hydrogen) atoms. The Kier molecular flexibility index (Phi) is 5.07. The molecule has 9 heteroatoms. The van der Waals surface area contributed by atoms with E-state index in [0.717, 1.165) is 11.0 Å². The molecule has 1 aromatic heterocycles. The lowest BCUT2D eigenvalue weighted by atomic mass is 9.93. The number of fused-ring (bicyclic) bond motifs is 3. The first-order valence-corrected chi connectivity index (χ1v) is 10.6. The summed E-state index contributed by atoms with van der Waals surface area (Å²) in [6, 6.07) is 20.1. The van der Waals surface area contributed by atoms with Gasteiger partial charge in [0.1, 0.15) is 0 Å². The van der Waals surface area contributed by atoms with E-state index in [9.17, 15) is 14.9 Å². The molecule has 3 aromatic carbocycles. The number of aromatic nitrogens is 2. The van der Waals surface area contributed by atoms with Gasteiger partial charge in [-0.1, -0.05) is 41.9 Å². The minimum Gasteiger partial charge on any atom is -0.329 e. The molecule has 0 unspecified atom stereocenters. The molecule has 2 heterocycles. The van der Waals surface area contributed by atoms with E-state index < -0.39 is 11.0 Å². The van der Waals surface area contributed by atoms with Crippen molar-refractivity contribution in [2.24, 2.45) is 0 Å². The van der Waals surface area contributed by atoms with E-state index in [1.807, 2.05) is 47.0 Å². The van der Waals surface area contributed by atoms with Gasteiger partial charge in [0.15, 0.2) is 0 Å². The van der Waals surface area contributed by atoms with Gasteiger partial charge < -0.3 is 10.6 Å². The van der Waals surface area contributed by atoms with Crippen molar-refractivity contribution in [3.63, 3.8) is 0 Å². The van der Waals surface area contributed by atoms with Gasteiger partial charge in [-0.3, -0.25) is 19.5 Å². The third kappa shape index (κ3) is 3.60. The lowest BCUT2D eigenvalue weighted by molar-refractivity contribution is -0.384. The van der Waals surface area contributed by atoms with Crippen molar-refractivity contribution in [1.82, 2.24) is 9.55 Å². The van der Waals surface area contributed by atoms with E-state index in [-0.39, 0.29) is 11.6 Å². The van der Waals surface area contributed by atoms with Crippen LogP contribution in [-0.4, -0.2) is 20.4 Å². The van der Waals surface area contributed by atoms with E-state index in [1.54, 1.807) is 19.1 Å². The number of benzene rings is 3. The van der Waals surface area contributed by atoms with Gasteiger partial charge in [-0.15, -0.1) is 0 Å². The van der Waals surface area contributed by atoms with Crippen molar-refractivity contribution >= 4 is 45.9 Å². The number of nitrogens with zero attached hydrogens (tertiary/aromatic N) is 3. The van der Waals surface area contributed by atoms with Gasteiger partial charge in [0, 0.05) is 34.1 Å². The predicted octanol–water partition coefficient (Wildman–Crippen LogP) is 5.53. The van der Waals surface area contributed by atoms with Gasteiger partial charge in [-0.05, 0) is 37.3 Å². The molecule has 8 nitrogen and oxygen atoms in total. The van der Waals surface area contributed by atoms with Crippen LogP contribution in [0.15, 0.2) is 84.1 Å². The van der Waals surface area contributed by atoms with Gasteiger partial charge in [-0.2, -0.15) is 0 Å². The first-order chi connectivity index (χ1) is 15.9. The molecule has 164 valence electrons. The van der Waals surface area contributed by atoms with E-state index in [2.05, 4.69) is 15.6 Å². The zero-order valence-electron chi connectivity index (χ0n) is 17.4. The molecular formula is C24H18ClN5O3. The predicted molar refractivity (Wildman–Crippen MR) is 127 cm³/mol. The third-order valence-corrected chi connectivity index (χ3v) is 5.94. The maximum atomic E-state index is 13.5. The van der Waals surface area contributed by atoms with Gasteiger partial charge >= 0.3 is 0 Å². The number of para-hydroxylation sites is 3. The third-order valence-electron chi connectivity index (χ3n) is 5.59. The summed E-state index contributed by atoms with van der Waals surface area (Å²) >= 11 is 6.57. The minimum absolute atomic E-state index is 0.112. The topological polar surface area (TPSA) is 102 Å². The lowest BCUT2D eigenvalue weighted by Gasteiger charge is -2.31. The highest BCUT2D eigenvalue weighted by atomic mass is 35.5. The van der Waals surface area contributed by atoms with E-state index in [0.29, 0.717) is 33.5 Å². The Balaban J connectivity index is 1.73. The van der Waals surface area contributed by atoms with Crippen molar-refractivity contribution in [1.29, 1.82) is 0 Å². The van der Waals surface area contributed by atoms with Crippen molar-refractivity contribution in [2.45, 2.75) is 13.0 Å². The number of nitro benzene ring substituents is 1. The zero-order valence-corrected chi connectivity index (χ0v) is 18.2. The molecule has 4 aromatic rings. The fourth-order valence-corrected chi connectivity index (χ4v) is 4.35. The monoisotopic (exact) mass is 459 g/mol. The van der Waals surface area contributed by atoms with Crippen molar-refractivity contribution in [2.75, 3.05) is 10.6 Å². The molecular weight excluding hydrogens is 442 g/mol. The second-order valence-corrected chi connectivity index (χ2v) is 8.05. The zero-order chi connectivity index (χ0) is 23.1. The van der Waals surface area contributed by atoms with Crippen molar-refractivity contribution < 1.29 is 9.72 Å². The number of amides is 1. The van der Waals surface area contributed by atoms with Crippen LogP contribution in [0.4, 0.5) is 17.3 Å². The Morgan fingerprint density at radius 1 is 1.12 bits per heavy atom. The molecule has 1 aliphatic heterocycles. The summed E-state index contributed by atoms with van der Waals surface area (Å²) in [4.78, 5) is 29.2. The highest BCUT2D eigenvalue weighted by Gasteiger charge is 2.36. The highest BCUT2D eigenvalue weighted by Crippen LogP contribution is 2.42. The number of rotatable bonds is 4. The molecule has 0 saturated heterocycles. The maximum Gasteiger partial charge on any atom is 0.269 e. The fraction of sp³-hybridized carbons (Fsp3) is 0.0833. The molecule has 0 aliphatic carbocycles. The fourth-order valence-electron chi connectivity index (χ4n) is 4.13. The Labute approximate surface area is 193 Å². The van der Waals surface area contributed by atoms with Gasteiger partial charge in [0.2, 0.25) is 5.95 Å². The number of carbonyl (C=O) groups is 1. The summed E-state index contributed by atoms with van der Waals surface area (Å²) in [5.41, 5.74) is 3.42. The number of allylic oxidation sites excluding steroid dienone is 1. The summed E-state index contributed by atoms with van der Waals surface area (Å²) < 4.78 is 1.85. The van der Waals surface area contributed by atoms with Crippen LogP contribution in [0.25, 0.3) is 11.0 Å². The number of halogens is 1. The van der Waals surface area contributed by atoms with E-state index in [4.69, 9.17) is 11.6 Å². The first-order valence-electron chi connectivity index (χ1n) is 10.2. The molecule has 0 spiro atoms. The molecule has 1 aliphatic rings.